The number of hydrogen-bond donors (Lipinski definition) is 1. The van der Waals surface area contributed by atoms with Crippen molar-refractivity contribution in [2.45, 2.75) is 12.8 Å². The van der Waals surface area contributed by atoms with Crippen molar-refractivity contribution in [2.75, 3.05) is 0 Å². The highest BCUT2D eigenvalue weighted by Gasteiger charge is 2.30. The van der Waals surface area contributed by atoms with Crippen molar-refractivity contribution in [3.63, 3.8) is 0 Å². The number of aromatic nitrogens is 1. The molecule has 0 unspecified atom stereocenters. The van der Waals surface area contributed by atoms with Crippen LogP contribution < -0.4 is 0 Å². The Morgan fingerprint density at radius 3 is 2.53 bits per heavy atom. The summed E-state index contributed by atoms with van der Waals surface area (Å²) in [5.74, 6) is 0. The minimum Gasteiger partial charge on any atom is -0.392 e. The van der Waals surface area contributed by atoms with Gasteiger partial charge in [-0.1, -0.05) is 23.7 Å². The maximum Gasteiger partial charge on any atom is 0.416 e. The number of alkyl halides is 3. The Morgan fingerprint density at radius 2 is 1.95 bits per heavy atom. The number of aliphatic hydroxyl groups excluding tert-OH is 1. The van der Waals surface area contributed by atoms with Crippen molar-refractivity contribution in [2.24, 2.45) is 0 Å². The van der Waals surface area contributed by atoms with Gasteiger partial charge >= 0.3 is 6.18 Å². The molecule has 0 aliphatic carbocycles. The molecular weight excluding hydrogens is 279 g/mol. The maximum atomic E-state index is 12.6. The molecule has 0 spiro atoms. The molecule has 0 fully saturated rings. The SMILES string of the molecule is OCc1cnc(-c2cccc(C(F)(F)F)c2)c(Cl)c1. The van der Waals surface area contributed by atoms with Crippen molar-refractivity contribution < 1.29 is 18.3 Å². The standard InChI is InChI=1S/C13H9ClF3NO/c14-11-4-8(7-19)6-18-12(11)9-2-1-3-10(5-9)13(15,16)17/h1-6,19H,7H2. The average molecular weight is 288 g/mol. The third kappa shape index (κ3) is 3.05. The van der Waals surface area contributed by atoms with Gasteiger partial charge in [-0.15, -0.1) is 0 Å². The molecule has 2 aromatic rings. The molecule has 0 bridgehead atoms. The van der Waals surface area contributed by atoms with Crippen molar-refractivity contribution in [1.29, 1.82) is 0 Å². The van der Waals surface area contributed by atoms with Crippen LogP contribution in [0.15, 0.2) is 36.5 Å². The van der Waals surface area contributed by atoms with Gasteiger partial charge in [0.15, 0.2) is 0 Å². The topological polar surface area (TPSA) is 33.1 Å². The Balaban J connectivity index is 2.48. The molecule has 0 amide bonds. The number of hydrogen-bond acceptors (Lipinski definition) is 2. The number of pyridine rings is 1. The van der Waals surface area contributed by atoms with Crippen LogP contribution in [0.5, 0.6) is 0 Å². The van der Waals surface area contributed by atoms with Crippen LogP contribution in [0.1, 0.15) is 11.1 Å². The highest BCUT2D eigenvalue weighted by molar-refractivity contribution is 6.33. The van der Waals surface area contributed by atoms with Crippen LogP contribution in [0, 0.1) is 0 Å². The van der Waals surface area contributed by atoms with Crippen LogP contribution in [0.2, 0.25) is 5.02 Å². The largest absolute Gasteiger partial charge is 0.416 e. The molecule has 1 aromatic carbocycles. The van der Waals surface area contributed by atoms with Gasteiger partial charge in [-0.25, -0.2) is 0 Å². The molecule has 0 aliphatic rings. The summed E-state index contributed by atoms with van der Waals surface area (Å²) in [7, 11) is 0. The molecular formula is C13H9ClF3NO. The first-order chi connectivity index (χ1) is 8.91. The Kier molecular flexibility index (Phi) is 3.78. The zero-order valence-electron chi connectivity index (χ0n) is 9.58. The molecule has 0 atom stereocenters. The van der Waals surface area contributed by atoms with Gasteiger partial charge in [-0.3, -0.25) is 4.98 Å². The highest BCUT2D eigenvalue weighted by Crippen LogP contribution is 2.33. The molecule has 0 radical (unpaired) electrons. The lowest BCUT2D eigenvalue weighted by atomic mass is 10.1. The minimum absolute atomic E-state index is 0.200. The summed E-state index contributed by atoms with van der Waals surface area (Å²) >= 11 is 5.95. The van der Waals surface area contributed by atoms with E-state index >= 15 is 0 Å². The molecule has 100 valence electrons. The third-order valence-electron chi connectivity index (χ3n) is 2.54. The van der Waals surface area contributed by atoms with E-state index in [1.54, 1.807) is 0 Å². The van der Waals surface area contributed by atoms with Gasteiger partial charge in [0.05, 0.1) is 22.9 Å². The van der Waals surface area contributed by atoms with Crippen LogP contribution >= 0.6 is 11.6 Å². The monoisotopic (exact) mass is 287 g/mol. The number of halogens is 4. The van der Waals surface area contributed by atoms with Gasteiger partial charge in [0.25, 0.3) is 0 Å². The van der Waals surface area contributed by atoms with E-state index in [2.05, 4.69) is 4.98 Å². The predicted molar refractivity (Wildman–Crippen MR) is 65.6 cm³/mol. The normalized spacial score (nSPS) is 11.6. The van der Waals surface area contributed by atoms with Crippen LogP contribution in [-0.4, -0.2) is 10.1 Å². The fourth-order valence-corrected chi connectivity index (χ4v) is 1.92. The molecule has 1 N–H and O–H groups in total. The zero-order valence-corrected chi connectivity index (χ0v) is 10.3. The molecule has 0 saturated heterocycles. The van der Waals surface area contributed by atoms with Gasteiger partial charge in [0, 0.05) is 11.8 Å². The fraction of sp³-hybridized carbons (Fsp3) is 0.154. The zero-order chi connectivity index (χ0) is 14.0. The Morgan fingerprint density at radius 1 is 1.21 bits per heavy atom. The fourth-order valence-electron chi connectivity index (χ4n) is 1.62. The second-order valence-corrected chi connectivity index (χ2v) is 4.32. The van der Waals surface area contributed by atoms with Gasteiger partial charge in [-0.2, -0.15) is 13.2 Å². The molecule has 2 rings (SSSR count). The van der Waals surface area contributed by atoms with E-state index in [9.17, 15) is 13.2 Å². The van der Waals surface area contributed by atoms with Gasteiger partial charge in [0.2, 0.25) is 0 Å². The average Bonchev–Trinajstić information content (AvgIpc) is 2.37. The summed E-state index contributed by atoms with van der Waals surface area (Å²) in [5, 5.41) is 9.13. The lowest BCUT2D eigenvalue weighted by Gasteiger charge is -2.09. The first kappa shape index (κ1) is 13.8. The van der Waals surface area contributed by atoms with E-state index in [-0.39, 0.29) is 22.9 Å². The first-order valence-corrected chi connectivity index (χ1v) is 5.72. The van der Waals surface area contributed by atoms with Crippen molar-refractivity contribution >= 4 is 11.6 Å². The first-order valence-electron chi connectivity index (χ1n) is 5.34. The summed E-state index contributed by atoms with van der Waals surface area (Å²) in [6, 6.07) is 6.26. The number of benzene rings is 1. The van der Waals surface area contributed by atoms with E-state index in [1.807, 2.05) is 0 Å². The summed E-state index contributed by atoms with van der Waals surface area (Å²) in [4.78, 5) is 3.98. The van der Waals surface area contributed by atoms with Crippen molar-refractivity contribution in [3.05, 3.63) is 52.7 Å². The van der Waals surface area contributed by atoms with E-state index in [0.29, 0.717) is 5.56 Å². The molecule has 1 aromatic heterocycles. The Labute approximate surface area is 112 Å². The van der Waals surface area contributed by atoms with Crippen LogP contribution in [-0.2, 0) is 12.8 Å². The van der Waals surface area contributed by atoms with Crippen molar-refractivity contribution in [3.8, 4) is 11.3 Å². The van der Waals surface area contributed by atoms with E-state index in [1.165, 1.54) is 24.4 Å². The summed E-state index contributed by atoms with van der Waals surface area (Å²) in [6.45, 7) is -0.227. The molecule has 2 nitrogen and oxygen atoms in total. The van der Waals surface area contributed by atoms with Crippen LogP contribution in [0.4, 0.5) is 13.2 Å². The lowest BCUT2D eigenvalue weighted by Crippen LogP contribution is -2.04. The number of rotatable bonds is 2. The molecule has 6 heteroatoms. The molecule has 19 heavy (non-hydrogen) atoms. The number of nitrogens with zero attached hydrogens (tertiary/aromatic N) is 1. The maximum absolute atomic E-state index is 12.6. The summed E-state index contributed by atoms with van der Waals surface area (Å²) in [6.07, 6.45) is -3.03. The summed E-state index contributed by atoms with van der Waals surface area (Å²) in [5.41, 5.74) is 0.282. The van der Waals surface area contributed by atoms with Gasteiger partial charge < -0.3 is 5.11 Å². The van der Waals surface area contributed by atoms with E-state index in [0.717, 1.165) is 12.1 Å². The third-order valence-corrected chi connectivity index (χ3v) is 2.83. The Bertz CT molecular complexity index is 599. The minimum atomic E-state index is -4.41. The summed E-state index contributed by atoms with van der Waals surface area (Å²) < 4.78 is 37.8. The lowest BCUT2D eigenvalue weighted by molar-refractivity contribution is -0.137. The van der Waals surface area contributed by atoms with Gasteiger partial charge in [0.1, 0.15) is 0 Å². The number of aliphatic hydroxyl groups is 1. The molecule has 0 aliphatic heterocycles. The highest BCUT2D eigenvalue weighted by atomic mass is 35.5. The van der Waals surface area contributed by atoms with E-state index < -0.39 is 11.7 Å². The molecule has 0 saturated carbocycles. The molecule has 1 heterocycles. The van der Waals surface area contributed by atoms with E-state index in [4.69, 9.17) is 16.7 Å². The quantitative estimate of drug-likeness (QED) is 0.908. The Hall–Kier alpha value is -1.59. The van der Waals surface area contributed by atoms with Crippen LogP contribution in [0.3, 0.4) is 0 Å². The van der Waals surface area contributed by atoms with Crippen LogP contribution in [0.25, 0.3) is 11.3 Å². The smallest absolute Gasteiger partial charge is 0.392 e. The van der Waals surface area contributed by atoms with Gasteiger partial charge in [-0.05, 0) is 23.8 Å². The second kappa shape index (κ2) is 5.19. The predicted octanol–water partition coefficient (Wildman–Crippen LogP) is 3.91. The second-order valence-electron chi connectivity index (χ2n) is 3.91. The van der Waals surface area contributed by atoms with Crippen molar-refractivity contribution in [1.82, 2.24) is 4.98 Å².